The number of carbonyl (C=O) groups excluding carboxylic acids is 1. The zero-order chi connectivity index (χ0) is 25.8. The number of pyridine rings is 1. The van der Waals surface area contributed by atoms with Crippen molar-refractivity contribution < 1.29 is 14.3 Å². The topological polar surface area (TPSA) is 81.8 Å². The van der Waals surface area contributed by atoms with Crippen LogP contribution < -0.4 is 10.4 Å². The number of fused-ring (bicyclic) bond motifs is 1. The summed E-state index contributed by atoms with van der Waals surface area (Å²) in [6.45, 7) is 5.10. The van der Waals surface area contributed by atoms with Gasteiger partial charge in [-0.25, -0.2) is 9.78 Å². The number of nitrogens with zero attached hydrogens (tertiary/aromatic N) is 5. The van der Waals surface area contributed by atoms with Crippen LogP contribution in [-0.2, 0) is 22.6 Å². The Balaban J connectivity index is 1.16. The van der Waals surface area contributed by atoms with E-state index < -0.39 is 0 Å². The van der Waals surface area contributed by atoms with Crippen molar-refractivity contribution in [3.05, 3.63) is 58.6 Å². The molecule has 9 nitrogen and oxygen atoms in total. The van der Waals surface area contributed by atoms with Gasteiger partial charge in [0, 0.05) is 51.0 Å². The number of hydrogen-bond acceptors (Lipinski definition) is 6. The Morgan fingerprint density at radius 1 is 0.973 bits per heavy atom. The fourth-order valence-electron chi connectivity index (χ4n) is 5.81. The van der Waals surface area contributed by atoms with Crippen molar-refractivity contribution in [1.29, 1.82) is 0 Å². The molecule has 9 heteroatoms. The van der Waals surface area contributed by atoms with Crippen molar-refractivity contribution in [3.63, 3.8) is 0 Å². The third-order valence-electron chi connectivity index (χ3n) is 7.88. The number of methoxy groups -OCH3 is 2. The predicted molar refractivity (Wildman–Crippen MR) is 142 cm³/mol. The minimum atomic E-state index is 0.0162. The zero-order valence-corrected chi connectivity index (χ0v) is 21.8. The van der Waals surface area contributed by atoms with Gasteiger partial charge in [0.2, 0.25) is 11.8 Å². The summed E-state index contributed by atoms with van der Waals surface area (Å²) in [6, 6.07) is 12.0. The average molecular weight is 508 g/mol. The van der Waals surface area contributed by atoms with Crippen molar-refractivity contribution in [1.82, 2.24) is 23.9 Å². The third-order valence-corrected chi connectivity index (χ3v) is 7.88. The van der Waals surface area contributed by atoms with Crippen molar-refractivity contribution in [3.8, 4) is 5.88 Å². The number of carbonyl (C=O) groups is 1. The molecule has 198 valence electrons. The monoisotopic (exact) mass is 507 g/mol. The molecule has 5 rings (SSSR count). The summed E-state index contributed by atoms with van der Waals surface area (Å²) in [5.41, 5.74) is 3.09. The molecule has 1 amide bonds. The highest BCUT2D eigenvalue weighted by molar-refractivity contribution is 5.79. The van der Waals surface area contributed by atoms with Gasteiger partial charge in [0.25, 0.3) is 0 Å². The van der Waals surface area contributed by atoms with Crippen molar-refractivity contribution >= 4 is 16.9 Å². The van der Waals surface area contributed by atoms with Gasteiger partial charge in [0.15, 0.2) is 0 Å². The second kappa shape index (κ2) is 11.5. The largest absolute Gasteiger partial charge is 0.481 e. The normalized spacial score (nSPS) is 17.9. The van der Waals surface area contributed by atoms with Gasteiger partial charge >= 0.3 is 5.69 Å². The third kappa shape index (κ3) is 5.43. The molecule has 1 aromatic carbocycles. The number of ether oxygens (including phenoxy) is 2. The molecule has 0 aliphatic carbocycles. The van der Waals surface area contributed by atoms with Gasteiger partial charge in [-0.05, 0) is 56.5 Å². The number of para-hydroxylation sites is 2. The van der Waals surface area contributed by atoms with Gasteiger partial charge in [-0.1, -0.05) is 18.2 Å². The molecule has 4 heterocycles. The molecule has 0 atom stereocenters. The van der Waals surface area contributed by atoms with Gasteiger partial charge in [-0.15, -0.1) is 0 Å². The van der Waals surface area contributed by atoms with Crippen LogP contribution in [0.15, 0.2) is 47.4 Å². The van der Waals surface area contributed by atoms with E-state index in [4.69, 9.17) is 9.47 Å². The van der Waals surface area contributed by atoms with Crippen LogP contribution >= 0.6 is 0 Å². The Hall–Kier alpha value is -3.17. The Kier molecular flexibility index (Phi) is 7.90. The summed E-state index contributed by atoms with van der Waals surface area (Å²) in [7, 11) is 3.27. The van der Waals surface area contributed by atoms with Crippen LogP contribution in [-0.4, -0.2) is 76.8 Å². The number of piperidine rings is 2. The molecule has 0 radical (unpaired) electrons. The lowest BCUT2D eigenvalue weighted by molar-refractivity contribution is -0.138. The molecular formula is C28H37N5O4. The van der Waals surface area contributed by atoms with Crippen molar-refractivity contribution in [2.45, 2.75) is 44.8 Å². The molecule has 2 fully saturated rings. The van der Waals surface area contributed by atoms with E-state index in [2.05, 4.69) is 9.88 Å². The number of benzene rings is 1. The van der Waals surface area contributed by atoms with Crippen LogP contribution in [0.3, 0.4) is 0 Å². The lowest BCUT2D eigenvalue weighted by Gasteiger charge is -2.37. The maximum atomic E-state index is 13.3. The molecular weight excluding hydrogens is 470 g/mol. The van der Waals surface area contributed by atoms with Gasteiger partial charge in [-0.2, -0.15) is 0 Å². The van der Waals surface area contributed by atoms with E-state index in [-0.39, 0.29) is 23.6 Å². The van der Waals surface area contributed by atoms with E-state index in [1.807, 2.05) is 56.6 Å². The SMILES string of the molecule is COCCn1c(=O)n(C2CCN(C(=O)C3CCN(Cc4ccc(OC)nc4)CC3)CC2)c2ccccc21. The first kappa shape index (κ1) is 25.5. The quantitative estimate of drug-likeness (QED) is 0.466. The highest BCUT2D eigenvalue weighted by Gasteiger charge is 2.32. The van der Waals surface area contributed by atoms with Crippen LogP contribution in [0.1, 0.15) is 37.3 Å². The van der Waals surface area contributed by atoms with Gasteiger partial charge in [0.05, 0.1) is 31.3 Å². The molecule has 0 unspecified atom stereocenters. The molecule has 3 aromatic rings. The standard InChI is InChI=1S/C28H37N5O4/c1-36-18-17-32-24-5-3-4-6-25(24)33(28(32)35)23-11-15-31(16-12-23)27(34)22-9-13-30(14-10-22)20-21-7-8-26(37-2)29-19-21/h3-8,19,22-23H,9-18,20H2,1-2H3. The van der Waals surface area contributed by atoms with Crippen LogP contribution in [0.4, 0.5) is 0 Å². The maximum absolute atomic E-state index is 13.3. The second-order valence-electron chi connectivity index (χ2n) is 10.1. The first-order valence-corrected chi connectivity index (χ1v) is 13.3. The molecule has 0 N–H and O–H groups in total. The van der Waals surface area contributed by atoms with E-state index in [1.54, 1.807) is 14.2 Å². The van der Waals surface area contributed by atoms with Gasteiger partial charge < -0.3 is 14.4 Å². The molecule has 2 saturated heterocycles. The molecule has 0 bridgehead atoms. The zero-order valence-electron chi connectivity index (χ0n) is 21.8. The number of likely N-dealkylation sites (tertiary alicyclic amines) is 2. The minimum absolute atomic E-state index is 0.0162. The fraction of sp³-hybridized carbons (Fsp3) is 0.536. The Labute approximate surface area is 217 Å². The number of aromatic nitrogens is 3. The summed E-state index contributed by atoms with van der Waals surface area (Å²) in [6.07, 6.45) is 5.23. The van der Waals surface area contributed by atoms with Gasteiger partial charge in [0.1, 0.15) is 0 Å². The predicted octanol–water partition coefficient (Wildman–Crippen LogP) is 2.93. The first-order valence-electron chi connectivity index (χ1n) is 13.3. The Morgan fingerprint density at radius 2 is 1.70 bits per heavy atom. The van der Waals surface area contributed by atoms with Crippen LogP contribution in [0, 0.1) is 5.92 Å². The molecule has 0 saturated carbocycles. The molecule has 37 heavy (non-hydrogen) atoms. The van der Waals surface area contributed by atoms with E-state index in [9.17, 15) is 9.59 Å². The fourth-order valence-corrected chi connectivity index (χ4v) is 5.81. The average Bonchev–Trinajstić information content (AvgIpc) is 3.23. The maximum Gasteiger partial charge on any atom is 0.329 e. The molecule has 2 aliphatic rings. The number of hydrogen-bond donors (Lipinski definition) is 0. The first-order chi connectivity index (χ1) is 18.1. The van der Waals surface area contributed by atoms with Crippen LogP contribution in [0.2, 0.25) is 0 Å². The van der Waals surface area contributed by atoms with E-state index in [1.165, 1.54) is 0 Å². The molecule has 2 aliphatic heterocycles. The lowest BCUT2D eigenvalue weighted by atomic mass is 9.93. The summed E-state index contributed by atoms with van der Waals surface area (Å²) < 4.78 is 14.1. The van der Waals surface area contributed by atoms with E-state index in [0.29, 0.717) is 32.1 Å². The summed E-state index contributed by atoms with van der Waals surface area (Å²) in [5.74, 6) is 0.984. The van der Waals surface area contributed by atoms with E-state index >= 15 is 0 Å². The summed E-state index contributed by atoms with van der Waals surface area (Å²) >= 11 is 0. The van der Waals surface area contributed by atoms with Crippen LogP contribution in [0.25, 0.3) is 11.0 Å². The highest BCUT2D eigenvalue weighted by atomic mass is 16.5. The minimum Gasteiger partial charge on any atom is -0.481 e. The highest BCUT2D eigenvalue weighted by Crippen LogP contribution is 2.28. The molecule has 2 aromatic heterocycles. The molecule has 0 spiro atoms. The van der Waals surface area contributed by atoms with Gasteiger partial charge in [-0.3, -0.25) is 18.8 Å². The number of rotatable bonds is 8. The lowest BCUT2D eigenvalue weighted by Crippen LogP contribution is -2.46. The Morgan fingerprint density at radius 3 is 2.35 bits per heavy atom. The van der Waals surface area contributed by atoms with Crippen LogP contribution in [0.5, 0.6) is 5.88 Å². The Bertz CT molecular complexity index is 1250. The van der Waals surface area contributed by atoms with Crippen molar-refractivity contribution in [2.75, 3.05) is 47.0 Å². The van der Waals surface area contributed by atoms with Crippen molar-refractivity contribution in [2.24, 2.45) is 5.92 Å². The van der Waals surface area contributed by atoms with E-state index in [0.717, 1.165) is 61.9 Å². The second-order valence-corrected chi connectivity index (χ2v) is 10.1. The summed E-state index contributed by atoms with van der Waals surface area (Å²) in [4.78, 5) is 35.4. The summed E-state index contributed by atoms with van der Waals surface area (Å²) in [5, 5.41) is 0. The number of imidazole rings is 1. The smallest absolute Gasteiger partial charge is 0.329 e. The number of amides is 1.